The maximum absolute atomic E-state index is 11.9. The van der Waals surface area contributed by atoms with Crippen LogP contribution in [0.25, 0.3) is 0 Å². The summed E-state index contributed by atoms with van der Waals surface area (Å²) in [4.78, 5) is 24.3. The largest absolute Gasteiger partial charge is 0.480 e. The van der Waals surface area contributed by atoms with Crippen LogP contribution in [0, 0.1) is 12.3 Å². The van der Waals surface area contributed by atoms with Crippen LogP contribution in [0.3, 0.4) is 0 Å². The van der Waals surface area contributed by atoms with E-state index < -0.39 is 12.0 Å². The zero-order chi connectivity index (χ0) is 15.1. The first-order valence-corrected chi connectivity index (χ1v) is 6.28. The third-order valence-electron chi connectivity index (χ3n) is 2.66. The fourth-order valence-corrected chi connectivity index (χ4v) is 1.86. The van der Waals surface area contributed by atoms with Crippen molar-refractivity contribution in [1.29, 1.82) is 0 Å². The maximum atomic E-state index is 11.9. The first-order valence-electron chi connectivity index (χ1n) is 5.91. The van der Waals surface area contributed by atoms with Gasteiger partial charge in [-0.3, -0.25) is 9.59 Å². The van der Waals surface area contributed by atoms with Crippen molar-refractivity contribution in [2.75, 3.05) is 18.0 Å². The van der Waals surface area contributed by atoms with Gasteiger partial charge < -0.3 is 15.3 Å². The van der Waals surface area contributed by atoms with Crippen molar-refractivity contribution in [3.8, 4) is 12.3 Å². The highest BCUT2D eigenvalue weighted by Gasteiger charge is 2.23. The first kappa shape index (κ1) is 15.9. The normalized spacial score (nSPS) is 11.2. The van der Waals surface area contributed by atoms with Crippen LogP contribution in [0.5, 0.6) is 0 Å². The molecule has 1 amide bonds. The second-order valence-electron chi connectivity index (χ2n) is 4.10. The van der Waals surface area contributed by atoms with Gasteiger partial charge in [-0.2, -0.15) is 0 Å². The van der Waals surface area contributed by atoms with Crippen molar-refractivity contribution in [3.63, 3.8) is 0 Å². The number of halogens is 1. The van der Waals surface area contributed by atoms with Crippen LogP contribution in [0.15, 0.2) is 24.3 Å². The van der Waals surface area contributed by atoms with Gasteiger partial charge in [0.25, 0.3) is 0 Å². The molecule has 1 aromatic carbocycles. The van der Waals surface area contributed by atoms with Gasteiger partial charge in [0.1, 0.15) is 12.6 Å². The van der Waals surface area contributed by atoms with E-state index in [1.165, 1.54) is 4.90 Å². The molecule has 0 saturated carbocycles. The number of nitrogens with zero attached hydrogens (tertiary/aromatic N) is 1. The van der Waals surface area contributed by atoms with E-state index in [4.69, 9.17) is 23.1 Å². The van der Waals surface area contributed by atoms with Gasteiger partial charge >= 0.3 is 5.97 Å². The third-order valence-corrected chi connectivity index (χ3v) is 2.89. The molecule has 0 heterocycles. The minimum Gasteiger partial charge on any atom is -0.480 e. The Kier molecular flexibility index (Phi) is 5.88. The Hall–Kier alpha value is -2.19. The number of carboxylic acid groups (broad SMARTS) is 1. The molecule has 0 saturated heterocycles. The Labute approximate surface area is 122 Å². The smallest absolute Gasteiger partial charge is 0.323 e. The van der Waals surface area contributed by atoms with Gasteiger partial charge in [0.15, 0.2) is 0 Å². The molecule has 0 aromatic heterocycles. The quantitative estimate of drug-likeness (QED) is 0.778. The van der Waals surface area contributed by atoms with Crippen molar-refractivity contribution in [1.82, 2.24) is 5.32 Å². The van der Waals surface area contributed by atoms with Crippen molar-refractivity contribution in [3.05, 3.63) is 29.3 Å². The van der Waals surface area contributed by atoms with Gasteiger partial charge in [-0.25, -0.2) is 0 Å². The number of amides is 1. The summed E-state index contributed by atoms with van der Waals surface area (Å²) >= 11 is 5.89. The van der Waals surface area contributed by atoms with Crippen LogP contribution in [-0.2, 0) is 9.59 Å². The molecular formula is C14H15ClN2O3. The van der Waals surface area contributed by atoms with Gasteiger partial charge in [0.2, 0.25) is 5.91 Å². The van der Waals surface area contributed by atoms with Gasteiger partial charge in [0.05, 0.1) is 6.54 Å². The summed E-state index contributed by atoms with van der Waals surface area (Å²) in [5.41, 5.74) is 0.559. The average Bonchev–Trinajstić information content (AvgIpc) is 2.41. The molecule has 0 aliphatic carbocycles. The lowest BCUT2D eigenvalue weighted by molar-refractivity contribution is -0.135. The van der Waals surface area contributed by atoms with Gasteiger partial charge in [0, 0.05) is 10.7 Å². The number of carbonyl (C=O) groups excluding carboxylic acids is 1. The summed E-state index contributed by atoms with van der Waals surface area (Å²) in [7, 11) is 0. The number of hydrogen-bond acceptors (Lipinski definition) is 3. The van der Waals surface area contributed by atoms with Crippen molar-refractivity contribution in [2.45, 2.75) is 13.0 Å². The molecule has 1 rings (SSSR count). The zero-order valence-corrected chi connectivity index (χ0v) is 11.7. The van der Waals surface area contributed by atoms with E-state index in [1.54, 1.807) is 31.2 Å². The Morgan fingerprint density at radius 1 is 1.55 bits per heavy atom. The lowest BCUT2D eigenvalue weighted by Gasteiger charge is -2.28. The molecule has 20 heavy (non-hydrogen) atoms. The van der Waals surface area contributed by atoms with Crippen LogP contribution >= 0.6 is 11.6 Å². The van der Waals surface area contributed by atoms with Crippen LogP contribution in [-0.4, -0.2) is 36.1 Å². The molecule has 6 heteroatoms. The lowest BCUT2D eigenvalue weighted by Crippen LogP contribution is -2.47. The summed E-state index contributed by atoms with van der Waals surface area (Å²) in [6.45, 7) is 1.39. The summed E-state index contributed by atoms with van der Waals surface area (Å²) in [6, 6.07) is 5.99. The molecule has 0 aliphatic heterocycles. The number of carbonyl (C=O) groups is 2. The van der Waals surface area contributed by atoms with Crippen molar-refractivity contribution < 1.29 is 14.7 Å². The lowest BCUT2D eigenvalue weighted by atomic mass is 10.2. The topological polar surface area (TPSA) is 69.6 Å². The number of rotatable bonds is 6. The van der Waals surface area contributed by atoms with E-state index in [2.05, 4.69) is 11.2 Å². The van der Waals surface area contributed by atoms with E-state index in [1.807, 2.05) is 0 Å². The molecule has 1 unspecified atom stereocenters. The Bertz CT molecular complexity index is 539. The second kappa shape index (κ2) is 7.41. The monoisotopic (exact) mass is 294 g/mol. The molecule has 106 valence electrons. The highest BCUT2D eigenvalue weighted by molar-refractivity contribution is 6.30. The Balaban J connectivity index is 2.97. The van der Waals surface area contributed by atoms with Crippen LogP contribution in [0.1, 0.15) is 6.92 Å². The fourth-order valence-electron chi connectivity index (χ4n) is 1.68. The van der Waals surface area contributed by atoms with Crippen molar-refractivity contribution in [2.24, 2.45) is 0 Å². The number of carboxylic acids is 1. The van der Waals surface area contributed by atoms with Crippen LogP contribution in [0.2, 0.25) is 5.02 Å². The van der Waals surface area contributed by atoms with Crippen LogP contribution in [0.4, 0.5) is 5.69 Å². The fraction of sp³-hybridized carbons (Fsp3) is 0.286. The average molecular weight is 295 g/mol. The molecule has 2 N–H and O–H groups in total. The third kappa shape index (κ3) is 4.48. The highest BCUT2D eigenvalue weighted by Crippen LogP contribution is 2.21. The number of benzene rings is 1. The number of hydrogen-bond donors (Lipinski definition) is 2. The molecule has 0 radical (unpaired) electrons. The minimum absolute atomic E-state index is 0.0969. The van der Waals surface area contributed by atoms with Gasteiger partial charge in [-0.1, -0.05) is 23.6 Å². The predicted octanol–water partition coefficient (Wildman–Crippen LogP) is 1.37. The molecule has 1 atom stereocenters. The van der Waals surface area contributed by atoms with E-state index in [0.29, 0.717) is 10.7 Å². The molecule has 0 bridgehead atoms. The number of nitrogens with one attached hydrogen (secondary N) is 1. The number of terminal acetylenes is 1. The van der Waals surface area contributed by atoms with E-state index in [0.717, 1.165) is 0 Å². The van der Waals surface area contributed by atoms with Crippen LogP contribution < -0.4 is 10.2 Å². The standard InChI is InChI=1S/C14H15ClN2O3/c1-3-7-16-14(20)10(2)17(9-13(18)19)12-6-4-5-11(15)8-12/h1,4-6,8,10H,7,9H2,2H3,(H,16,20)(H,18,19). The molecule has 5 nitrogen and oxygen atoms in total. The SMILES string of the molecule is C#CCNC(=O)C(C)N(CC(=O)O)c1cccc(Cl)c1. The summed E-state index contributed by atoms with van der Waals surface area (Å²) in [5, 5.41) is 12.0. The zero-order valence-electron chi connectivity index (χ0n) is 11.0. The maximum Gasteiger partial charge on any atom is 0.323 e. The Morgan fingerprint density at radius 2 is 2.25 bits per heavy atom. The molecule has 0 spiro atoms. The van der Waals surface area contributed by atoms with E-state index >= 15 is 0 Å². The minimum atomic E-state index is -1.04. The van der Waals surface area contributed by atoms with Crippen molar-refractivity contribution >= 4 is 29.2 Å². The summed E-state index contributed by atoms with van der Waals surface area (Å²) in [5.74, 6) is 0.911. The summed E-state index contributed by atoms with van der Waals surface area (Å²) < 4.78 is 0. The predicted molar refractivity (Wildman–Crippen MR) is 77.7 cm³/mol. The van der Waals surface area contributed by atoms with E-state index in [9.17, 15) is 9.59 Å². The second-order valence-corrected chi connectivity index (χ2v) is 4.54. The van der Waals surface area contributed by atoms with Gasteiger partial charge in [-0.15, -0.1) is 6.42 Å². The molecular weight excluding hydrogens is 280 g/mol. The molecule has 0 fully saturated rings. The molecule has 0 aliphatic rings. The first-order chi connectivity index (χ1) is 9.45. The Morgan fingerprint density at radius 3 is 2.80 bits per heavy atom. The highest BCUT2D eigenvalue weighted by atomic mass is 35.5. The number of aliphatic carboxylic acids is 1. The van der Waals surface area contributed by atoms with E-state index in [-0.39, 0.29) is 19.0 Å². The van der Waals surface area contributed by atoms with Gasteiger partial charge in [-0.05, 0) is 25.1 Å². The number of anilines is 1. The summed E-state index contributed by atoms with van der Waals surface area (Å²) in [6.07, 6.45) is 5.07. The molecule has 1 aromatic rings.